The van der Waals surface area contributed by atoms with Crippen molar-refractivity contribution in [3.05, 3.63) is 46.5 Å². The van der Waals surface area contributed by atoms with Gasteiger partial charge < -0.3 is 14.6 Å². The predicted octanol–water partition coefficient (Wildman–Crippen LogP) is 3.57. The Hall–Kier alpha value is -1.33. The van der Waals surface area contributed by atoms with E-state index in [0.717, 1.165) is 35.4 Å². The van der Waals surface area contributed by atoms with E-state index in [-0.39, 0.29) is 6.04 Å². The summed E-state index contributed by atoms with van der Waals surface area (Å²) in [5.74, 6) is 1.97. The van der Waals surface area contributed by atoms with Gasteiger partial charge in [0.2, 0.25) is 0 Å². The van der Waals surface area contributed by atoms with E-state index in [9.17, 15) is 0 Å². The highest BCUT2D eigenvalue weighted by Crippen LogP contribution is 2.29. The maximum Gasteiger partial charge on any atom is 0.119 e. The SMILES string of the molecule is CCCn1ccnc1CC(NC)c1cc(OC)ccc1Br. The number of nitrogens with one attached hydrogen (secondary N) is 1. The summed E-state index contributed by atoms with van der Waals surface area (Å²) in [6, 6.07) is 6.24. The minimum absolute atomic E-state index is 0.187. The van der Waals surface area contributed by atoms with Gasteiger partial charge in [0.1, 0.15) is 11.6 Å². The van der Waals surface area contributed by atoms with Crippen molar-refractivity contribution in [2.24, 2.45) is 0 Å². The normalized spacial score (nSPS) is 12.4. The molecule has 0 amide bonds. The fourth-order valence-corrected chi connectivity index (χ4v) is 2.96. The molecule has 1 unspecified atom stereocenters. The lowest BCUT2D eigenvalue weighted by atomic mass is 10.0. The van der Waals surface area contributed by atoms with Crippen LogP contribution in [-0.2, 0) is 13.0 Å². The summed E-state index contributed by atoms with van der Waals surface area (Å²) >= 11 is 3.63. The minimum Gasteiger partial charge on any atom is -0.497 e. The monoisotopic (exact) mass is 351 g/mol. The Kier molecular flexibility index (Phi) is 5.82. The first-order valence-corrected chi connectivity index (χ1v) is 7.99. The summed E-state index contributed by atoms with van der Waals surface area (Å²) < 4.78 is 8.63. The van der Waals surface area contributed by atoms with Crippen LogP contribution in [0.2, 0.25) is 0 Å². The molecule has 0 saturated carbocycles. The molecule has 0 aliphatic carbocycles. The van der Waals surface area contributed by atoms with E-state index in [1.165, 1.54) is 5.56 Å². The third-order valence-corrected chi connectivity index (χ3v) is 4.30. The van der Waals surface area contributed by atoms with Crippen molar-refractivity contribution in [2.75, 3.05) is 14.2 Å². The summed E-state index contributed by atoms with van der Waals surface area (Å²) in [6.45, 7) is 3.18. The van der Waals surface area contributed by atoms with Gasteiger partial charge >= 0.3 is 0 Å². The molecule has 1 N–H and O–H groups in total. The molecule has 1 atom stereocenters. The van der Waals surface area contributed by atoms with Gasteiger partial charge in [0.25, 0.3) is 0 Å². The van der Waals surface area contributed by atoms with Crippen LogP contribution in [0.5, 0.6) is 5.75 Å². The van der Waals surface area contributed by atoms with E-state index in [1.54, 1.807) is 7.11 Å². The highest BCUT2D eigenvalue weighted by molar-refractivity contribution is 9.10. The zero-order chi connectivity index (χ0) is 15.2. The number of rotatable bonds is 7. The van der Waals surface area contributed by atoms with Crippen molar-refractivity contribution in [3.63, 3.8) is 0 Å². The molecule has 0 saturated heterocycles. The maximum atomic E-state index is 5.33. The van der Waals surface area contributed by atoms with Crippen molar-refractivity contribution in [1.29, 1.82) is 0 Å². The number of nitrogens with zero attached hydrogens (tertiary/aromatic N) is 2. The first kappa shape index (κ1) is 16.0. The first-order valence-electron chi connectivity index (χ1n) is 7.20. The van der Waals surface area contributed by atoms with E-state index in [0.29, 0.717) is 0 Å². The Morgan fingerprint density at radius 1 is 1.43 bits per heavy atom. The maximum absolute atomic E-state index is 5.33. The van der Waals surface area contributed by atoms with Crippen LogP contribution >= 0.6 is 15.9 Å². The van der Waals surface area contributed by atoms with Gasteiger partial charge in [0.05, 0.1) is 7.11 Å². The Morgan fingerprint density at radius 3 is 2.90 bits per heavy atom. The summed E-state index contributed by atoms with van der Waals surface area (Å²) in [6.07, 6.45) is 5.87. The topological polar surface area (TPSA) is 39.1 Å². The lowest BCUT2D eigenvalue weighted by Crippen LogP contribution is -2.21. The smallest absolute Gasteiger partial charge is 0.119 e. The number of aromatic nitrogens is 2. The Bertz CT molecular complexity index is 583. The third kappa shape index (κ3) is 3.86. The zero-order valence-corrected chi connectivity index (χ0v) is 14.4. The summed E-state index contributed by atoms with van der Waals surface area (Å²) in [7, 11) is 3.67. The highest BCUT2D eigenvalue weighted by Gasteiger charge is 2.17. The van der Waals surface area contributed by atoms with Crippen LogP contribution in [0.15, 0.2) is 35.1 Å². The van der Waals surface area contributed by atoms with Gasteiger partial charge in [0, 0.05) is 35.9 Å². The standard InChI is InChI=1S/C16H22BrN3O/c1-4-8-20-9-7-19-16(20)11-15(18-2)13-10-12(21-3)5-6-14(13)17/h5-7,9-10,15,18H,4,8,11H2,1-3H3. The second-order valence-corrected chi connectivity index (χ2v) is 5.82. The van der Waals surface area contributed by atoms with Crippen molar-refractivity contribution >= 4 is 15.9 Å². The first-order chi connectivity index (χ1) is 10.2. The molecule has 1 aromatic heterocycles. The lowest BCUT2D eigenvalue weighted by Gasteiger charge is -2.19. The van der Waals surface area contributed by atoms with E-state index in [2.05, 4.69) is 43.8 Å². The van der Waals surface area contributed by atoms with Gasteiger partial charge in [-0.15, -0.1) is 0 Å². The van der Waals surface area contributed by atoms with E-state index < -0.39 is 0 Å². The number of likely N-dealkylation sites (N-methyl/N-ethyl adjacent to an activating group) is 1. The molecule has 2 rings (SSSR count). The number of imidazole rings is 1. The molecule has 0 radical (unpaired) electrons. The predicted molar refractivity (Wildman–Crippen MR) is 88.7 cm³/mol. The summed E-state index contributed by atoms with van der Waals surface area (Å²) in [4.78, 5) is 4.50. The fourth-order valence-electron chi connectivity index (χ4n) is 2.44. The van der Waals surface area contributed by atoms with E-state index >= 15 is 0 Å². The van der Waals surface area contributed by atoms with E-state index in [4.69, 9.17) is 4.74 Å². The molecular formula is C16H22BrN3O. The number of hydrogen-bond acceptors (Lipinski definition) is 3. The van der Waals surface area contributed by atoms with Crippen LogP contribution < -0.4 is 10.1 Å². The third-order valence-electron chi connectivity index (χ3n) is 3.58. The van der Waals surface area contributed by atoms with Gasteiger partial charge in [-0.2, -0.15) is 0 Å². The van der Waals surface area contributed by atoms with Crippen LogP contribution in [0.25, 0.3) is 0 Å². The average molecular weight is 352 g/mol. The molecule has 0 fully saturated rings. The Labute approximate surface area is 134 Å². The van der Waals surface area contributed by atoms with Crippen LogP contribution in [-0.4, -0.2) is 23.7 Å². The Morgan fingerprint density at radius 2 is 2.24 bits per heavy atom. The van der Waals surface area contributed by atoms with Crippen LogP contribution in [0, 0.1) is 0 Å². The number of methoxy groups -OCH3 is 1. The molecule has 0 spiro atoms. The number of halogens is 1. The second-order valence-electron chi connectivity index (χ2n) is 4.97. The molecule has 4 nitrogen and oxygen atoms in total. The molecule has 21 heavy (non-hydrogen) atoms. The molecule has 0 aliphatic heterocycles. The molecule has 0 bridgehead atoms. The van der Waals surface area contributed by atoms with Crippen LogP contribution in [0.3, 0.4) is 0 Å². The van der Waals surface area contributed by atoms with Crippen molar-refractivity contribution in [1.82, 2.24) is 14.9 Å². The zero-order valence-electron chi connectivity index (χ0n) is 12.8. The Balaban J connectivity index is 2.25. The second kappa shape index (κ2) is 7.61. The number of hydrogen-bond donors (Lipinski definition) is 1. The minimum atomic E-state index is 0.187. The van der Waals surface area contributed by atoms with Gasteiger partial charge in [0.15, 0.2) is 0 Å². The number of benzene rings is 1. The van der Waals surface area contributed by atoms with Crippen LogP contribution in [0.1, 0.15) is 30.8 Å². The largest absolute Gasteiger partial charge is 0.497 e. The van der Waals surface area contributed by atoms with E-state index in [1.807, 2.05) is 31.6 Å². The highest BCUT2D eigenvalue weighted by atomic mass is 79.9. The summed E-state index contributed by atoms with van der Waals surface area (Å²) in [5, 5.41) is 3.38. The molecule has 5 heteroatoms. The molecule has 1 aromatic carbocycles. The molecular weight excluding hydrogens is 330 g/mol. The molecule has 0 aliphatic rings. The molecule has 114 valence electrons. The van der Waals surface area contributed by atoms with Gasteiger partial charge in [-0.25, -0.2) is 4.98 Å². The summed E-state index contributed by atoms with van der Waals surface area (Å²) in [5.41, 5.74) is 1.18. The van der Waals surface area contributed by atoms with Crippen molar-refractivity contribution in [2.45, 2.75) is 32.4 Å². The number of aryl methyl sites for hydroxylation is 1. The van der Waals surface area contributed by atoms with Gasteiger partial charge in [-0.1, -0.05) is 22.9 Å². The number of ether oxygens (including phenoxy) is 1. The van der Waals surface area contributed by atoms with Gasteiger partial charge in [-0.05, 0) is 37.2 Å². The van der Waals surface area contributed by atoms with Crippen molar-refractivity contribution in [3.8, 4) is 5.75 Å². The quantitative estimate of drug-likeness (QED) is 0.828. The average Bonchev–Trinajstić information content (AvgIpc) is 2.93. The lowest BCUT2D eigenvalue weighted by molar-refractivity contribution is 0.413. The fraction of sp³-hybridized carbons (Fsp3) is 0.438. The van der Waals surface area contributed by atoms with Gasteiger partial charge in [-0.3, -0.25) is 0 Å². The molecule has 1 heterocycles. The van der Waals surface area contributed by atoms with Crippen molar-refractivity contribution < 1.29 is 4.74 Å². The molecule has 2 aromatic rings. The van der Waals surface area contributed by atoms with Crippen LogP contribution in [0.4, 0.5) is 0 Å².